The molecule has 2 amide bonds. The number of piperidine rings is 1. The summed E-state index contributed by atoms with van der Waals surface area (Å²) in [6.07, 6.45) is 5.57. The minimum absolute atomic E-state index is 0.170. The molecule has 1 unspecified atom stereocenters. The molecule has 1 saturated heterocycles. The van der Waals surface area contributed by atoms with Gasteiger partial charge in [0.15, 0.2) is 0 Å². The van der Waals surface area contributed by atoms with Crippen molar-refractivity contribution < 1.29 is 9.59 Å². The highest BCUT2D eigenvalue weighted by Crippen LogP contribution is 2.58. The number of carbonyl (C=O) groups is 2. The molecule has 0 aromatic heterocycles. The number of anilines is 1. The van der Waals surface area contributed by atoms with Gasteiger partial charge in [-0.05, 0) is 65.6 Å². The lowest BCUT2D eigenvalue weighted by Gasteiger charge is -2.40. The highest BCUT2D eigenvalue weighted by atomic mass is 16.2. The third kappa shape index (κ3) is 3.02. The van der Waals surface area contributed by atoms with Gasteiger partial charge < -0.3 is 10.6 Å². The van der Waals surface area contributed by atoms with Crippen molar-refractivity contribution in [2.24, 2.45) is 5.73 Å². The monoisotopic (exact) mass is 439 g/mol. The Morgan fingerprint density at radius 2 is 1.64 bits per heavy atom. The van der Waals surface area contributed by atoms with Crippen molar-refractivity contribution >= 4 is 28.8 Å². The Balaban J connectivity index is 0.000000655. The number of hydrogen-bond donors (Lipinski definition) is 1. The molecule has 0 bridgehead atoms. The predicted octanol–water partition coefficient (Wildman–Crippen LogP) is 4.08. The molecule has 2 N–H and O–H groups in total. The van der Waals surface area contributed by atoms with Gasteiger partial charge in [-0.15, -0.1) is 0 Å². The van der Waals surface area contributed by atoms with Crippen molar-refractivity contribution in [1.29, 1.82) is 0 Å². The number of nitrogens with two attached hydrogens (primary N) is 1. The van der Waals surface area contributed by atoms with E-state index in [4.69, 9.17) is 4.79 Å². The zero-order valence-electron chi connectivity index (χ0n) is 18.7. The molecule has 2 aliphatic heterocycles. The van der Waals surface area contributed by atoms with Crippen LogP contribution in [0.15, 0.2) is 60.7 Å². The molecule has 5 nitrogen and oxygen atoms in total. The molecule has 1 atom stereocenters. The number of amides is 2. The summed E-state index contributed by atoms with van der Waals surface area (Å²) in [4.78, 5) is 26.8. The molecular formula is C28H29N3O2. The highest BCUT2D eigenvalue weighted by Gasteiger charge is 2.60. The van der Waals surface area contributed by atoms with Crippen LogP contribution in [0.4, 0.5) is 5.69 Å². The number of rotatable bonds is 2. The minimum atomic E-state index is -0.170. The van der Waals surface area contributed by atoms with Crippen LogP contribution in [0.1, 0.15) is 48.4 Å². The van der Waals surface area contributed by atoms with E-state index < -0.39 is 0 Å². The summed E-state index contributed by atoms with van der Waals surface area (Å²) < 4.78 is 0. The number of primary amides is 1. The van der Waals surface area contributed by atoms with E-state index in [0.29, 0.717) is 18.0 Å². The summed E-state index contributed by atoms with van der Waals surface area (Å²) in [6, 6.07) is 22.9. The van der Waals surface area contributed by atoms with Crippen molar-refractivity contribution in [1.82, 2.24) is 4.90 Å². The van der Waals surface area contributed by atoms with Crippen LogP contribution in [0.3, 0.4) is 0 Å². The number of carbonyl (C=O) groups excluding carboxylic acids is 2. The quantitative estimate of drug-likeness (QED) is 0.612. The molecule has 7 rings (SSSR count). The molecule has 0 radical (unpaired) electrons. The van der Waals surface area contributed by atoms with Crippen LogP contribution < -0.4 is 10.6 Å². The van der Waals surface area contributed by atoms with Crippen molar-refractivity contribution in [3.05, 3.63) is 77.4 Å². The Morgan fingerprint density at radius 1 is 0.939 bits per heavy atom. The second-order valence-electron chi connectivity index (χ2n) is 9.76. The fourth-order valence-corrected chi connectivity index (χ4v) is 6.51. The molecule has 3 aromatic rings. The Morgan fingerprint density at radius 3 is 2.36 bits per heavy atom. The molecule has 3 aromatic carbocycles. The average molecular weight is 440 g/mol. The molecule has 2 fully saturated rings. The first-order valence-electron chi connectivity index (χ1n) is 12.0. The third-order valence-electron chi connectivity index (χ3n) is 8.16. The standard InChI is InChI=1S/C27H26N2O.CH3NO/c30-26-27(13-14-27)22-9-1-2-10-23(22)29(26)20-11-15-28(16-12-20)24-17-19-7-3-5-18-6-4-8-21(24)25(18)19;2-1-3/h1-10,20,24H,11-17H2;1H,(H2,2,3). The van der Waals surface area contributed by atoms with Crippen molar-refractivity contribution in [2.45, 2.75) is 49.6 Å². The lowest BCUT2D eigenvalue weighted by molar-refractivity contribution is -0.120. The van der Waals surface area contributed by atoms with E-state index in [9.17, 15) is 4.79 Å². The van der Waals surface area contributed by atoms with Crippen LogP contribution >= 0.6 is 0 Å². The molecular weight excluding hydrogens is 410 g/mol. The average Bonchev–Trinajstić information content (AvgIpc) is 3.52. The highest BCUT2D eigenvalue weighted by molar-refractivity contribution is 6.10. The topological polar surface area (TPSA) is 66.6 Å². The maximum absolute atomic E-state index is 13.4. The molecule has 2 heterocycles. The Bertz CT molecular complexity index is 1240. The van der Waals surface area contributed by atoms with Crippen LogP contribution in [-0.4, -0.2) is 36.3 Å². The normalized spacial score (nSPS) is 22.8. The van der Waals surface area contributed by atoms with Gasteiger partial charge in [-0.3, -0.25) is 14.5 Å². The van der Waals surface area contributed by atoms with Gasteiger partial charge in [0.05, 0.1) is 5.41 Å². The number of likely N-dealkylation sites (tertiary alicyclic amines) is 1. The van der Waals surface area contributed by atoms with E-state index in [0.717, 1.165) is 45.2 Å². The summed E-state index contributed by atoms with van der Waals surface area (Å²) in [6.45, 7) is 2.14. The summed E-state index contributed by atoms with van der Waals surface area (Å²) in [5.74, 6) is 0.375. The zero-order chi connectivity index (χ0) is 22.6. The van der Waals surface area contributed by atoms with E-state index in [1.54, 1.807) is 0 Å². The van der Waals surface area contributed by atoms with Gasteiger partial charge in [0, 0.05) is 30.9 Å². The van der Waals surface area contributed by atoms with Crippen LogP contribution in [-0.2, 0) is 21.4 Å². The summed E-state index contributed by atoms with van der Waals surface area (Å²) in [7, 11) is 0. The molecule has 1 saturated carbocycles. The van der Waals surface area contributed by atoms with Crippen molar-refractivity contribution in [3.63, 3.8) is 0 Å². The third-order valence-corrected chi connectivity index (χ3v) is 8.16. The number of hydrogen-bond acceptors (Lipinski definition) is 3. The largest absolute Gasteiger partial charge is 0.372 e. The molecule has 1 spiro atoms. The summed E-state index contributed by atoms with van der Waals surface area (Å²) in [5.41, 5.74) is 9.47. The van der Waals surface area contributed by atoms with Crippen LogP contribution in [0, 0.1) is 0 Å². The molecule has 33 heavy (non-hydrogen) atoms. The molecule has 168 valence electrons. The van der Waals surface area contributed by atoms with E-state index in [-0.39, 0.29) is 11.8 Å². The van der Waals surface area contributed by atoms with Crippen LogP contribution in [0.25, 0.3) is 10.8 Å². The van der Waals surface area contributed by atoms with Gasteiger partial charge >= 0.3 is 0 Å². The SMILES string of the molecule is NC=O.O=C1N(C2CCN(C3Cc4cccc5cccc3c45)CC2)c2ccccc2C12CC2. The molecule has 2 aliphatic carbocycles. The fourth-order valence-electron chi connectivity index (χ4n) is 6.51. The smallest absolute Gasteiger partial charge is 0.237 e. The number of fused-ring (bicyclic) bond motifs is 2. The summed E-state index contributed by atoms with van der Waals surface area (Å²) in [5, 5.41) is 2.85. The first kappa shape index (κ1) is 20.4. The maximum atomic E-state index is 13.4. The Hall–Kier alpha value is -3.18. The van der Waals surface area contributed by atoms with Gasteiger partial charge in [0.2, 0.25) is 12.3 Å². The van der Waals surface area contributed by atoms with Crippen molar-refractivity contribution in [2.75, 3.05) is 18.0 Å². The first-order valence-corrected chi connectivity index (χ1v) is 12.0. The first-order chi connectivity index (χ1) is 16.2. The van der Waals surface area contributed by atoms with Gasteiger partial charge in [-0.25, -0.2) is 0 Å². The second-order valence-corrected chi connectivity index (χ2v) is 9.76. The summed E-state index contributed by atoms with van der Waals surface area (Å²) >= 11 is 0. The van der Waals surface area contributed by atoms with Gasteiger partial charge in [0.25, 0.3) is 0 Å². The molecule has 4 aliphatic rings. The number of para-hydroxylation sites is 1. The number of nitrogens with zero attached hydrogens (tertiary/aromatic N) is 2. The van der Waals surface area contributed by atoms with Crippen LogP contribution in [0.5, 0.6) is 0 Å². The Kier molecular flexibility index (Phi) is 4.77. The van der Waals surface area contributed by atoms with E-state index >= 15 is 0 Å². The lowest BCUT2D eigenvalue weighted by Crippen LogP contribution is -2.48. The van der Waals surface area contributed by atoms with Gasteiger partial charge in [-0.2, -0.15) is 0 Å². The zero-order valence-corrected chi connectivity index (χ0v) is 18.7. The maximum Gasteiger partial charge on any atom is 0.237 e. The lowest BCUT2D eigenvalue weighted by atomic mass is 9.98. The molecule has 5 heteroatoms. The van der Waals surface area contributed by atoms with Crippen molar-refractivity contribution in [3.8, 4) is 0 Å². The minimum Gasteiger partial charge on any atom is -0.372 e. The van der Waals surface area contributed by atoms with Gasteiger partial charge in [0.1, 0.15) is 0 Å². The van der Waals surface area contributed by atoms with E-state index in [2.05, 4.69) is 76.2 Å². The number of benzene rings is 3. The van der Waals surface area contributed by atoms with E-state index in [1.807, 2.05) is 0 Å². The van der Waals surface area contributed by atoms with E-state index in [1.165, 1.54) is 33.2 Å². The predicted molar refractivity (Wildman–Crippen MR) is 130 cm³/mol. The fraction of sp³-hybridized carbons (Fsp3) is 0.357. The second kappa shape index (κ2) is 7.70. The van der Waals surface area contributed by atoms with Crippen LogP contribution in [0.2, 0.25) is 0 Å². The Labute approximate surface area is 194 Å². The van der Waals surface area contributed by atoms with Gasteiger partial charge in [-0.1, -0.05) is 54.6 Å².